The van der Waals surface area contributed by atoms with E-state index in [0.717, 1.165) is 22.5 Å². The molecule has 1 aromatic heterocycles. The smallest absolute Gasteiger partial charge is 0.123 e. The average Bonchev–Trinajstić information content (AvgIpc) is 3.00. The van der Waals surface area contributed by atoms with Crippen LogP contribution in [0, 0.1) is 11.6 Å². The van der Waals surface area contributed by atoms with E-state index in [1.807, 2.05) is 6.07 Å². The van der Waals surface area contributed by atoms with Crippen LogP contribution in [0.1, 0.15) is 17.2 Å². The summed E-state index contributed by atoms with van der Waals surface area (Å²) in [7, 11) is 0. The number of halogens is 2. The Morgan fingerprint density at radius 2 is 1.55 bits per heavy atom. The monoisotopic (exact) mass is 299 g/mol. The van der Waals surface area contributed by atoms with Gasteiger partial charge in [0, 0.05) is 23.7 Å². The highest BCUT2D eigenvalue weighted by Crippen LogP contribution is 2.26. The number of aromatic amines is 1. The Morgan fingerprint density at radius 1 is 0.955 bits per heavy atom. The molecule has 0 amide bonds. The molecule has 3 nitrogen and oxygen atoms in total. The van der Waals surface area contributed by atoms with E-state index in [-0.39, 0.29) is 17.6 Å². The first-order chi connectivity index (χ1) is 10.7. The molecular weight excluding hydrogens is 284 g/mol. The molecule has 3 aromatic rings. The van der Waals surface area contributed by atoms with E-state index in [1.54, 1.807) is 24.3 Å². The third-order valence-electron chi connectivity index (χ3n) is 3.62. The van der Waals surface area contributed by atoms with Crippen molar-refractivity contribution in [3.63, 3.8) is 0 Å². The first-order valence-corrected chi connectivity index (χ1v) is 6.94. The van der Waals surface area contributed by atoms with Crippen LogP contribution in [0.5, 0.6) is 0 Å². The number of hydrogen-bond donors (Lipinski definition) is 2. The van der Waals surface area contributed by atoms with Gasteiger partial charge in [-0.1, -0.05) is 12.1 Å². The van der Waals surface area contributed by atoms with E-state index in [2.05, 4.69) is 10.2 Å². The molecule has 1 unspecified atom stereocenters. The van der Waals surface area contributed by atoms with Crippen molar-refractivity contribution < 1.29 is 8.78 Å². The number of rotatable bonds is 4. The number of aromatic nitrogens is 2. The van der Waals surface area contributed by atoms with Crippen LogP contribution in [0.25, 0.3) is 11.3 Å². The van der Waals surface area contributed by atoms with Gasteiger partial charge in [0.2, 0.25) is 0 Å². The number of nitrogens with zero attached hydrogens (tertiary/aromatic N) is 1. The Kier molecular flexibility index (Phi) is 3.98. The van der Waals surface area contributed by atoms with Gasteiger partial charge in [0.25, 0.3) is 0 Å². The molecule has 3 N–H and O–H groups in total. The average molecular weight is 299 g/mol. The summed E-state index contributed by atoms with van der Waals surface area (Å²) in [5, 5.41) is 7.22. The zero-order chi connectivity index (χ0) is 15.5. The van der Waals surface area contributed by atoms with Crippen molar-refractivity contribution in [1.29, 1.82) is 0 Å². The van der Waals surface area contributed by atoms with Crippen molar-refractivity contribution in [1.82, 2.24) is 10.2 Å². The lowest BCUT2D eigenvalue weighted by Gasteiger charge is -2.12. The van der Waals surface area contributed by atoms with Gasteiger partial charge >= 0.3 is 0 Å². The maximum absolute atomic E-state index is 13.0. The van der Waals surface area contributed by atoms with E-state index in [9.17, 15) is 8.78 Å². The fourth-order valence-corrected chi connectivity index (χ4v) is 2.42. The van der Waals surface area contributed by atoms with E-state index in [0.29, 0.717) is 6.54 Å². The number of nitrogens with one attached hydrogen (secondary N) is 1. The van der Waals surface area contributed by atoms with Gasteiger partial charge in [0.1, 0.15) is 11.6 Å². The van der Waals surface area contributed by atoms with Gasteiger partial charge in [-0.25, -0.2) is 8.78 Å². The van der Waals surface area contributed by atoms with E-state index in [1.165, 1.54) is 24.3 Å². The summed E-state index contributed by atoms with van der Waals surface area (Å²) in [4.78, 5) is 0. The Hall–Kier alpha value is -2.53. The second-order valence-corrected chi connectivity index (χ2v) is 5.06. The van der Waals surface area contributed by atoms with E-state index < -0.39 is 0 Å². The summed E-state index contributed by atoms with van der Waals surface area (Å²) in [6.45, 7) is 0.372. The van der Waals surface area contributed by atoms with Crippen molar-refractivity contribution in [3.8, 4) is 11.3 Å². The molecule has 0 saturated carbocycles. The zero-order valence-corrected chi connectivity index (χ0v) is 11.8. The van der Waals surface area contributed by atoms with Crippen molar-refractivity contribution in [2.24, 2.45) is 5.73 Å². The SMILES string of the molecule is NCC(c1ccc(F)cc1)c1cc(-c2ccc(F)cc2)n[nH]1. The van der Waals surface area contributed by atoms with Gasteiger partial charge in [0.15, 0.2) is 0 Å². The number of benzene rings is 2. The number of hydrogen-bond acceptors (Lipinski definition) is 2. The largest absolute Gasteiger partial charge is 0.329 e. The normalized spacial score (nSPS) is 12.3. The van der Waals surface area contributed by atoms with Gasteiger partial charge in [-0.05, 0) is 48.0 Å². The summed E-state index contributed by atoms with van der Waals surface area (Å²) < 4.78 is 26.0. The fourth-order valence-electron chi connectivity index (χ4n) is 2.42. The molecule has 112 valence electrons. The molecule has 0 radical (unpaired) electrons. The highest BCUT2D eigenvalue weighted by atomic mass is 19.1. The molecule has 0 fully saturated rings. The predicted octanol–water partition coefficient (Wildman–Crippen LogP) is 3.45. The molecule has 22 heavy (non-hydrogen) atoms. The lowest BCUT2D eigenvalue weighted by Crippen LogP contribution is -2.14. The Morgan fingerprint density at radius 3 is 2.14 bits per heavy atom. The van der Waals surface area contributed by atoms with Crippen LogP contribution in [0.4, 0.5) is 8.78 Å². The molecule has 0 aliphatic carbocycles. The van der Waals surface area contributed by atoms with Crippen LogP contribution in [0.15, 0.2) is 54.6 Å². The summed E-state index contributed by atoms with van der Waals surface area (Å²) in [5.74, 6) is -0.663. The summed E-state index contributed by atoms with van der Waals surface area (Å²) in [6, 6.07) is 14.3. The third-order valence-corrected chi connectivity index (χ3v) is 3.62. The minimum absolute atomic E-state index is 0.0951. The van der Waals surface area contributed by atoms with Crippen molar-refractivity contribution >= 4 is 0 Å². The minimum atomic E-state index is -0.286. The third kappa shape index (κ3) is 2.89. The van der Waals surface area contributed by atoms with Gasteiger partial charge in [-0.15, -0.1) is 0 Å². The van der Waals surface area contributed by atoms with Gasteiger partial charge in [0.05, 0.1) is 5.69 Å². The van der Waals surface area contributed by atoms with Crippen LogP contribution in [0.3, 0.4) is 0 Å². The zero-order valence-electron chi connectivity index (χ0n) is 11.8. The topological polar surface area (TPSA) is 54.7 Å². The molecule has 2 aromatic carbocycles. The number of nitrogens with two attached hydrogens (primary N) is 1. The molecule has 0 saturated heterocycles. The summed E-state index contributed by atoms with van der Waals surface area (Å²) in [5.41, 5.74) is 9.14. The van der Waals surface area contributed by atoms with Crippen LogP contribution in [0.2, 0.25) is 0 Å². The lowest BCUT2D eigenvalue weighted by atomic mass is 9.95. The molecule has 1 atom stereocenters. The maximum atomic E-state index is 13.0. The maximum Gasteiger partial charge on any atom is 0.123 e. The minimum Gasteiger partial charge on any atom is -0.329 e. The fraction of sp³-hybridized carbons (Fsp3) is 0.118. The van der Waals surface area contributed by atoms with Gasteiger partial charge < -0.3 is 5.73 Å². The van der Waals surface area contributed by atoms with Crippen LogP contribution < -0.4 is 5.73 Å². The van der Waals surface area contributed by atoms with Crippen LogP contribution in [-0.4, -0.2) is 16.7 Å². The van der Waals surface area contributed by atoms with Gasteiger partial charge in [-0.2, -0.15) is 5.10 Å². The standard InChI is InChI=1S/C17H15F2N3/c18-13-5-1-11(2-6-13)15(10-20)17-9-16(21-22-17)12-3-7-14(19)8-4-12/h1-9,15H,10,20H2,(H,21,22). The molecule has 5 heteroatoms. The summed E-state index contributed by atoms with van der Waals surface area (Å²) >= 11 is 0. The van der Waals surface area contributed by atoms with E-state index >= 15 is 0 Å². The Balaban J connectivity index is 1.91. The summed E-state index contributed by atoms with van der Waals surface area (Å²) in [6.07, 6.45) is 0. The second-order valence-electron chi connectivity index (χ2n) is 5.06. The molecule has 0 spiro atoms. The molecule has 1 heterocycles. The Labute approximate surface area is 126 Å². The molecular formula is C17H15F2N3. The van der Waals surface area contributed by atoms with Crippen LogP contribution >= 0.6 is 0 Å². The van der Waals surface area contributed by atoms with E-state index in [4.69, 9.17) is 5.73 Å². The van der Waals surface area contributed by atoms with Crippen molar-refractivity contribution in [2.75, 3.05) is 6.54 Å². The second kappa shape index (κ2) is 6.07. The first kappa shape index (κ1) is 14.4. The molecule has 0 bridgehead atoms. The molecule has 0 aliphatic rings. The van der Waals surface area contributed by atoms with Crippen molar-refractivity contribution in [2.45, 2.75) is 5.92 Å². The molecule has 3 rings (SSSR count). The highest BCUT2D eigenvalue weighted by Gasteiger charge is 2.16. The Bertz CT molecular complexity index is 748. The predicted molar refractivity (Wildman–Crippen MR) is 81.3 cm³/mol. The van der Waals surface area contributed by atoms with Gasteiger partial charge in [-0.3, -0.25) is 5.10 Å². The quantitative estimate of drug-likeness (QED) is 0.775. The highest BCUT2D eigenvalue weighted by molar-refractivity contribution is 5.59. The molecule has 0 aliphatic heterocycles. The van der Waals surface area contributed by atoms with Crippen molar-refractivity contribution in [3.05, 3.63) is 77.5 Å². The lowest BCUT2D eigenvalue weighted by molar-refractivity contribution is 0.626. The number of H-pyrrole nitrogens is 1. The van der Waals surface area contributed by atoms with Crippen LogP contribution in [-0.2, 0) is 0 Å². The first-order valence-electron chi connectivity index (χ1n) is 6.94.